The zero-order valence-corrected chi connectivity index (χ0v) is 11.9. The van der Waals surface area contributed by atoms with Crippen LogP contribution in [0.5, 0.6) is 11.5 Å². The van der Waals surface area contributed by atoms with Gasteiger partial charge in [0.1, 0.15) is 11.6 Å². The molecule has 0 aliphatic carbocycles. The van der Waals surface area contributed by atoms with Crippen LogP contribution >= 0.6 is 0 Å². The molecule has 0 spiro atoms. The number of nitrogens with zero attached hydrogens (tertiary/aromatic N) is 1. The molecule has 6 nitrogen and oxygen atoms in total. The fourth-order valence-electron chi connectivity index (χ4n) is 2.49. The first kappa shape index (κ1) is 15.0. The molecule has 7 heteroatoms. The summed E-state index contributed by atoms with van der Waals surface area (Å²) in [7, 11) is 0. The van der Waals surface area contributed by atoms with Gasteiger partial charge < -0.3 is 9.47 Å². The van der Waals surface area contributed by atoms with E-state index in [9.17, 15) is 19.3 Å². The van der Waals surface area contributed by atoms with E-state index in [2.05, 4.69) is 0 Å². The van der Waals surface area contributed by atoms with Crippen LogP contribution in [-0.4, -0.2) is 17.5 Å². The first-order valence-corrected chi connectivity index (χ1v) is 6.93. The molecule has 0 saturated heterocycles. The average molecular weight is 317 g/mol. The molecule has 1 unspecified atom stereocenters. The highest BCUT2D eigenvalue weighted by Crippen LogP contribution is 2.36. The maximum absolute atomic E-state index is 13.3. The molecule has 3 rings (SSSR count). The number of carbonyl (C=O) groups excluding carboxylic acids is 1. The van der Waals surface area contributed by atoms with Gasteiger partial charge in [-0.1, -0.05) is 18.2 Å². The number of esters is 1. The van der Waals surface area contributed by atoms with Crippen LogP contribution in [0.3, 0.4) is 0 Å². The van der Waals surface area contributed by atoms with Gasteiger partial charge in [-0.25, -0.2) is 4.39 Å². The Morgan fingerprint density at radius 2 is 2.09 bits per heavy atom. The van der Waals surface area contributed by atoms with Crippen molar-refractivity contribution in [3.8, 4) is 11.5 Å². The smallest absolute Gasteiger partial charge is 0.319 e. The van der Waals surface area contributed by atoms with Gasteiger partial charge in [-0.15, -0.1) is 0 Å². The maximum Gasteiger partial charge on any atom is 0.319 e. The minimum atomic E-state index is -0.722. The molecule has 0 radical (unpaired) electrons. The van der Waals surface area contributed by atoms with Gasteiger partial charge >= 0.3 is 11.7 Å². The predicted octanol–water partition coefficient (Wildman–Crippen LogP) is 3.21. The quantitative estimate of drug-likeness (QED) is 0.376. The largest absolute Gasteiger partial charge is 0.493 e. The monoisotopic (exact) mass is 317 g/mol. The van der Waals surface area contributed by atoms with Crippen molar-refractivity contribution in [2.24, 2.45) is 0 Å². The third-order valence-electron chi connectivity index (χ3n) is 3.57. The Labute approximate surface area is 130 Å². The first-order chi connectivity index (χ1) is 11.1. The molecular weight excluding hydrogens is 305 g/mol. The molecular formula is C16H12FNO5. The Morgan fingerprint density at radius 3 is 2.87 bits per heavy atom. The van der Waals surface area contributed by atoms with Gasteiger partial charge in [0, 0.05) is 17.7 Å². The van der Waals surface area contributed by atoms with Crippen molar-refractivity contribution in [3.63, 3.8) is 0 Å². The normalized spacial score (nSPS) is 16.1. The lowest BCUT2D eigenvalue weighted by atomic mass is 9.93. The molecule has 118 valence electrons. The van der Waals surface area contributed by atoms with Gasteiger partial charge in [-0.05, 0) is 18.6 Å². The van der Waals surface area contributed by atoms with Gasteiger partial charge in [-0.2, -0.15) is 0 Å². The predicted molar refractivity (Wildman–Crippen MR) is 78.0 cm³/mol. The van der Waals surface area contributed by atoms with E-state index in [1.54, 1.807) is 24.3 Å². The molecule has 0 N–H and O–H groups in total. The van der Waals surface area contributed by atoms with Crippen molar-refractivity contribution < 1.29 is 23.6 Å². The summed E-state index contributed by atoms with van der Waals surface area (Å²) in [6.07, 6.45) is 0.388. The maximum atomic E-state index is 13.3. The van der Waals surface area contributed by atoms with Crippen LogP contribution in [0.2, 0.25) is 0 Å². The SMILES string of the molecule is O=C(Oc1cc(F)ccc1[N+](=O)[O-])C1CCOc2ccccc21. The zero-order valence-electron chi connectivity index (χ0n) is 11.9. The summed E-state index contributed by atoms with van der Waals surface area (Å²) in [5, 5.41) is 11.0. The topological polar surface area (TPSA) is 78.7 Å². The highest BCUT2D eigenvalue weighted by molar-refractivity contribution is 5.82. The number of nitro groups is 1. The van der Waals surface area contributed by atoms with E-state index >= 15 is 0 Å². The number of hydrogen-bond acceptors (Lipinski definition) is 5. The van der Waals surface area contributed by atoms with Crippen molar-refractivity contribution in [1.82, 2.24) is 0 Å². The Morgan fingerprint density at radius 1 is 1.30 bits per heavy atom. The molecule has 1 aliphatic rings. The minimum Gasteiger partial charge on any atom is -0.493 e. The average Bonchev–Trinajstić information content (AvgIpc) is 2.54. The Hall–Kier alpha value is -2.96. The lowest BCUT2D eigenvalue weighted by Crippen LogP contribution is -2.25. The standard InChI is InChI=1S/C16H12FNO5/c17-10-5-6-13(18(20)21)15(9-10)23-16(19)12-7-8-22-14-4-2-1-3-11(12)14/h1-6,9,12H,7-8H2. The van der Waals surface area contributed by atoms with Crippen LogP contribution in [0.25, 0.3) is 0 Å². The molecule has 0 aromatic heterocycles. The van der Waals surface area contributed by atoms with Crippen LogP contribution in [0.15, 0.2) is 42.5 Å². The van der Waals surface area contributed by atoms with Gasteiger partial charge in [0.05, 0.1) is 17.4 Å². The summed E-state index contributed by atoms with van der Waals surface area (Å²) in [4.78, 5) is 22.6. The third-order valence-corrected chi connectivity index (χ3v) is 3.57. The van der Waals surface area contributed by atoms with E-state index in [1.807, 2.05) is 0 Å². The van der Waals surface area contributed by atoms with Gasteiger partial charge in [0.25, 0.3) is 0 Å². The zero-order chi connectivity index (χ0) is 16.4. The molecule has 1 aliphatic heterocycles. The molecule has 2 aromatic carbocycles. The summed E-state index contributed by atoms with van der Waals surface area (Å²) in [5.41, 5.74) is 0.197. The highest BCUT2D eigenvalue weighted by Gasteiger charge is 2.30. The van der Waals surface area contributed by atoms with Crippen molar-refractivity contribution in [3.05, 3.63) is 64.0 Å². The van der Waals surface area contributed by atoms with Gasteiger partial charge in [-0.3, -0.25) is 14.9 Å². The number of halogens is 1. The molecule has 1 atom stereocenters. The number of nitro benzene ring substituents is 1. The van der Waals surface area contributed by atoms with Crippen LogP contribution in [0.1, 0.15) is 17.9 Å². The second kappa shape index (κ2) is 6.04. The van der Waals surface area contributed by atoms with E-state index in [1.165, 1.54) is 0 Å². The molecule has 1 heterocycles. The highest BCUT2D eigenvalue weighted by atomic mass is 19.1. The molecule has 0 bridgehead atoms. The molecule has 0 saturated carbocycles. The second-order valence-corrected chi connectivity index (χ2v) is 5.02. The third kappa shape index (κ3) is 2.98. The van der Waals surface area contributed by atoms with Crippen LogP contribution in [0, 0.1) is 15.9 Å². The molecule has 23 heavy (non-hydrogen) atoms. The Bertz CT molecular complexity index is 777. The second-order valence-electron chi connectivity index (χ2n) is 5.02. The van der Waals surface area contributed by atoms with Crippen molar-refractivity contribution >= 4 is 11.7 Å². The minimum absolute atomic E-state index is 0.335. The molecule has 0 fully saturated rings. The number of carbonyl (C=O) groups is 1. The van der Waals surface area contributed by atoms with Crippen molar-refractivity contribution in [2.75, 3.05) is 6.61 Å². The number of hydrogen-bond donors (Lipinski definition) is 0. The lowest BCUT2D eigenvalue weighted by molar-refractivity contribution is -0.385. The number of ether oxygens (including phenoxy) is 2. The van der Waals surface area contributed by atoms with E-state index in [4.69, 9.17) is 9.47 Å². The number of rotatable bonds is 3. The van der Waals surface area contributed by atoms with E-state index < -0.39 is 34.1 Å². The number of fused-ring (bicyclic) bond motifs is 1. The van der Waals surface area contributed by atoms with Crippen LogP contribution in [0.4, 0.5) is 10.1 Å². The number of para-hydroxylation sites is 1. The molecule has 0 amide bonds. The fraction of sp³-hybridized carbons (Fsp3) is 0.188. The summed E-state index contributed by atoms with van der Waals surface area (Å²) < 4.78 is 23.9. The number of benzene rings is 2. The van der Waals surface area contributed by atoms with Crippen LogP contribution < -0.4 is 9.47 Å². The van der Waals surface area contributed by atoms with E-state index in [0.29, 0.717) is 24.3 Å². The van der Waals surface area contributed by atoms with E-state index in [-0.39, 0.29) is 0 Å². The summed E-state index contributed by atoms with van der Waals surface area (Å²) in [6, 6.07) is 9.76. The lowest BCUT2D eigenvalue weighted by Gasteiger charge is -2.24. The van der Waals surface area contributed by atoms with Crippen LogP contribution in [-0.2, 0) is 4.79 Å². The summed E-state index contributed by atoms with van der Waals surface area (Å²) >= 11 is 0. The van der Waals surface area contributed by atoms with Gasteiger partial charge in [0.2, 0.25) is 5.75 Å². The van der Waals surface area contributed by atoms with Crippen molar-refractivity contribution in [2.45, 2.75) is 12.3 Å². The fourth-order valence-corrected chi connectivity index (χ4v) is 2.49. The Balaban J connectivity index is 1.89. The summed E-state index contributed by atoms with van der Waals surface area (Å²) in [5.74, 6) is -1.82. The van der Waals surface area contributed by atoms with E-state index in [0.717, 1.165) is 18.2 Å². The van der Waals surface area contributed by atoms with Gasteiger partial charge in [0.15, 0.2) is 0 Å². The summed E-state index contributed by atoms with van der Waals surface area (Å²) in [6.45, 7) is 0.335. The Kier molecular flexibility index (Phi) is 3.92. The molecule has 2 aromatic rings. The first-order valence-electron chi connectivity index (χ1n) is 6.93. The van der Waals surface area contributed by atoms with Crippen molar-refractivity contribution in [1.29, 1.82) is 0 Å².